The Morgan fingerprint density at radius 1 is 1.28 bits per heavy atom. The zero-order valence-electron chi connectivity index (χ0n) is 17.6. The second-order valence-corrected chi connectivity index (χ2v) is 9.49. The lowest BCUT2D eigenvalue weighted by Crippen LogP contribution is -2.71. The molecule has 0 unspecified atom stereocenters. The van der Waals surface area contributed by atoms with Gasteiger partial charge in [0.1, 0.15) is 5.69 Å². The topological polar surface area (TPSA) is 83.8 Å². The first-order chi connectivity index (χ1) is 13.8. The highest BCUT2D eigenvalue weighted by molar-refractivity contribution is 5.92. The first-order valence-corrected chi connectivity index (χ1v) is 10.8. The van der Waals surface area contributed by atoms with Crippen LogP contribution in [-0.2, 0) is 26.3 Å². The van der Waals surface area contributed by atoms with E-state index >= 15 is 0 Å². The average Bonchev–Trinajstić information content (AvgIpc) is 2.99. The van der Waals surface area contributed by atoms with E-state index in [0.29, 0.717) is 24.1 Å². The van der Waals surface area contributed by atoms with Gasteiger partial charge in [-0.2, -0.15) is 5.10 Å². The standard InChI is InChI=1S/C21H31N3O5/c1-12-5-6-15-13(2)17(11-22-18(25)16-8-10-23-24(16)4)26-19-21(15)14(12)7-9-20(3,27-19)28-29-21/h8,10,12-15,17,19H,5-7,9,11H2,1-4H3,(H,22,25)/t12-,13-,14+,15+,17-,19-,20-,21-/m1/s1. The van der Waals surface area contributed by atoms with E-state index in [9.17, 15) is 4.79 Å². The van der Waals surface area contributed by atoms with Gasteiger partial charge in [0.15, 0.2) is 11.9 Å². The van der Waals surface area contributed by atoms with Crippen molar-refractivity contribution in [3.05, 3.63) is 18.0 Å². The highest BCUT2D eigenvalue weighted by Crippen LogP contribution is 2.60. The lowest BCUT2D eigenvalue weighted by atomic mass is 9.57. The number of rotatable bonds is 3. The molecule has 1 spiro atoms. The van der Waals surface area contributed by atoms with Crippen molar-refractivity contribution in [2.24, 2.45) is 30.7 Å². The summed E-state index contributed by atoms with van der Waals surface area (Å²) in [6.45, 7) is 6.86. The van der Waals surface area contributed by atoms with Crippen LogP contribution in [0.5, 0.6) is 0 Å². The summed E-state index contributed by atoms with van der Waals surface area (Å²) in [7, 11) is 1.76. The lowest BCUT2D eigenvalue weighted by Gasteiger charge is -2.60. The number of carbonyl (C=O) groups is 1. The van der Waals surface area contributed by atoms with Gasteiger partial charge in [0.05, 0.1) is 6.10 Å². The Balaban J connectivity index is 1.38. The van der Waals surface area contributed by atoms with Crippen molar-refractivity contribution in [2.75, 3.05) is 6.54 Å². The van der Waals surface area contributed by atoms with Crippen LogP contribution in [0.15, 0.2) is 12.3 Å². The van der Waals surface area contributed by atoms with Gasteiger partial charge in [-0.3, -0.25) is 9.48 Å². The SMILES string of the molecule is C[C@H]1[C@@H](CNC(=O)c2ccnn2C)O[C@@H]2O[C@@]3(C)CC[C@H]4[C@H](C)CC[C@@H]1[C@@]24OO3. The van der Waals surface area contributed by atoms with Crippen molar-refractivity contribution < 1.29 is 24.0 Å². The summed E-state index contributed by atoms with van der Waals surface area (Å²) in [5.41, 5.74) is -0.0270. The predicted molar refractivity (Wildman–Crippen MR) is 102 cm³/mol. The van der Waals surface area contributed by atoms with Crippen LogP contribution in [0.4, 0.5) is 0 Å². The van der Waals surface area contributed by atoms with Crippen LogP contribution in [0, 0.1) is 23.7 Å². The summed E-state index contributed by atoms with van der Waals surface area (Å²) in [5.74, 6) is 0.444. The van der Waals surface area contributed by atoms with Crippen LogP contribution in [0.1, 0.15) is 56.9 Å². The highest BCUT2D eigenvalue weighted by Gasteiger charge is 2.69. The van der Waals surface area contributed by atoms with Gasteiger partial charge in [0.25, 0.3) is 5.91 Å². The Morgan fingerprint density at radius 2 is 2.10 bits per heavy atom. The van der Waals surface area contributed by atoms with E-state index in [1.807, 2.05) is 6.92 Å². The Labute approximate surface area is 171 Å². The minimum absolute atomic E-state index is 0.145. The minimum atomic E-state index is -0.777. The molecule has 5 heterocycles. The predicted octanol–water partition coefficient (Wildman–Crippen LogP) is 2.40. The number of fused-ring (bicyclic) bond motifs is 2. The number of hydrogen-bond acceptors (Lipinski definition) is 6. The van der Waals surface area contributed by atoms with Crippen molar-refractivity contribution in [3.63, 3.8) is 0 Å². The summed E-state index contributed by atoms with van der Waals surface area (Å²) in [4.78, 5) is 24.5. The molecule has 4 saturated heterocycles. The molecule has 29 heavy (non-hydrogen) atoms. The molecule has 8 heteroatoms. The molecular formula is C21H31N3O5. The maximum Gasteiger partial charge on any atom is 0.269 e. The largest absolute Gasteiger partial charge is 0.348 e. The summed E-state index contributed by atoms with van der Waals surface area (Å²) in [6, 6.07) is 1.71. The number of aromatic nitrogens is 2. The molecule has 0 aromatic carbocycles. The Kier molecular flexibility index (Phi) is 4.55. The summed E-state index contributed by atoms with van der Waals surface area (Å²) >= 11 is 0. The van der Waals surface area contributed by atoms with E-state index in [-0.39, 0.29) is 23.8 Å². The van der Waals surface area contributed by atoms with Crippen LogP contribution >= 0.6 is 0 Å². The number of ether oxygens (including phenoxy) is 2. The minimum Gasteiger partial charge on any atom is -0.348 e. The van der Waals surface area contributed by atoms with Gasteiger partial charge in [-0.15, -0.1) is 0 Å². The first kappa shape index (κ1) is 19.5. The Hall–Kier alpha value is -1.48. The van der Waals surface area contributed by atoms with Crippen molar-refractivity contribution in [1.82, 2.24) is 15.1 Å². The van der Waals surface area contributed by atoms with Gasteiger partial charge < -0.3 is 14.8 Å². The third kappa shape index (κ3) is 2.87. The molecule has 6 rings (SSSR count). The van der Waals surface area contributed by atoms with Gasteiger partial charge in [-0.05, 0) is 50.0 Å². The van der Waals surface area contributed by atoms with Gasteiger partial charge in [-0.1, -0.05) is 13.8 Å². The van der Waals surface area contributed by atoms with E-state index in [4.69, 9.17) is 19.2 Å². The Bertz CT molecular complexity index is 799. The number of aryl methyl sites for hydroxylation is 1. The van der Waals surface area contributed by atoms with Gasteiger partial charge in [0.2, 0.25) is 5.79 Å². The number of hydrogen-bond donors (Lipinski definition) is 1. The molecule has 2 bridgehead atoms. The summed E-state index contributed by atoms with van der Waals surface area (Å²) < 4.78 is 14.4. The van der Waals surface area contributed by atoms with Crippen LogP contribution < -0.4 is 5.32 Å². The second-order valence-electron chi connectivity index (χ2n) is 9.49. The van der Waals surface area contributed by atoms with E-state index in [1.54, 1.807) is 24.0 Å². The molecular weight excluding hydrogens is 374 g/mol. The van der Waals surface area contributed by atoms with Crippen LogP contribution in [0.25, 0.3) is 0 Å². The van der Waals surface area contributed by atoms with E-state index in [0.717, 1.165) is 19.3 Å². The average molecular weight is 405 g/mol. The molecule has 1 amide bonds. The second kappa shape index (κ2) is 6.77. The molecule has 1 aliphatic carbocycles. The van der Waals surface area contributed by atoms with E-state index < -0.39 is 17.7 Å². The lowest BCUT2D eigenvalue weighted by molar-refractivity contribution is -0.570. The van der Waals surface area contributed by atoms with Crippen LogP contribution in [-0.4, -0.2) is 46.0 Å². The molecule has 1 aromatic heterocycles. The van der Waals surface area contributed by atoms with Crippen LogP contribution in [0.3, 0.4) is 0 Å². The molecule has 1 aromatic rings. The fourth-order valence-electron chi connectivity index (χ4n) is 6.09. The summed E-state index contributed by atoms with van der Waals surface area (Å²) in [6.07, 6.45) is 5.03. The molecule has 160 valence electrons. The smallest absolute Gasteiger partial charge is 0.269 e. The van der Waals surface area contributed by atoms with E-state index in [1.165, 1.54) is 6.42 Å². The molecule has 8 nitrogen and oxygen atoms in total. The van der Waals surface area contributed by atoms with Gasteiger partial charge in [-0.25, -0.2) is 9.78 Å². The number of nitrogens with one attached hydrogen (secondary N) is 1. The number of carbonyl (C=O) groups excluding carboxylic acids is 1. The highest BCUT2D eigenvalue weighted by atomic mass is 17.3. The monoisotopic (exact) mass is 405 g/mol. The van der Waals surface area contributed by atoms with Crippen molar-refractivity contribution in [3.8, 4) is 0 Å². The Morgan fingerprint density at radius 3 is 2.86 bits per heavy atom. The fourth-order valence-corrected chi connectivity index (χ4v) is 6.09. The quantitative estimate of drug-likeness (QED) is 0.778. The molecule has 5 aliphatic rings. The van der Waals surface area contributed by atoms with Crippen molar-refractivity contribution in [2.45, 2.75) is 70.2 Å². The molecule has 4 aliphatic heterocycles. The van der Waals surface area contributed by atoms with Crippen molar-refractivity contribution in [1.29, 1.82) is 0 Å². The van der Waals surface area contributed by atoms with Gasteiger partial charge in [0, 0.05) is 32.1 Å². The number of nitrogens with zero attached hydrogens (tertiary/aromatic N) is 2. The molecule has 5 fully saturated rings. The first-order valence-electron chi connectivity index (χ1n) is 10.8. The maximum absolute atomic E-state index is 12.5. The number of amides is 1. The molecule has 1 saturated carbocycles. The third-order valence-corrected chi connectivity index (χ3v) is 7.81. The maximum atomic E-state index is 12.5. The summed E-state index contributed by atoms with van der Waals surface area (Å²) in [5, 5.41) is 7.09. The molecule has 0 radical (unpaired) electrons. The van der Waals surface area contributed by atoms with Crippen molar-refractivity contribution >= 4 is 5.91 Å². The van der Waals surface area contributed by atoms with Crippen LogP contribution in [0.2, 0.25) is 0 Å². The molecule has 8 atom stereocenters. The fraction of sp³-hybridized carbons (Fsp3) is 0.810. The zero-order chi connectivity index (χ0) is 20.4. The zero-order valence-corrected chi connectivity index (χ0v) is 17.6. The van der Waals surface area contributed by atoms with E-state index in [2.05, 4.69) is 24.3 Å². The van der Waals surface area contributed by atoms with Gasteiger partial charge >= 0.3 is 0 Å². The molecule has 1 N–H and O–H groups in total. The third-order valence-electron chi connectivity index (χ3n) is 7.81. The normalized spacial score (nSPS) is 46.1.